The zero-order chi connectivity index (χ0) is 9.97. The van der Waals surface area contributed by atoms with Crippen molar-refractivity contribution in [1.29, 1.82) is 0 Å². The van der Waals surface area contributed by atoms with E-state index in [4.69, 9.17) is 4.74 Å². The molecule has 14 heavy (non-hydrogen) atoms. The lowest BCUT2D eigenvalue weighted by Crippen LogP contribution is -2.34. The normalized spacial score (nSPS) is 15.1. The molecule has 0 fully saturated rings. The monoisotopic (exact) mass is 210 g/mol. The quantitative estimate of drug-likeness (QED) is 0.755. The third-order valence-electron chi connectivity index (χ3n) is 2.33. The standard InChI is InChI=1S/C10H14N2OS/c1-3-12-7-11-14-10-6-8(13-2)4-5-9(10)12/h4-6,11H,3,7H2,1-2H3. The van der Waals surface area contributed by atoms with Gasteiger partial charge in [0.25, 0.3) is 0 Å². The van der Waals surface area contributed by atoms with Gasteiger partial charge in [0.15, 0.2) is 0 Å². The molecule has 1 heterocycles. The lowest BCUT2D eigenvalue weighted by molar-refractivity contribution is 0.413. The molecule has 0 aromatic heterocycles. The first-order chi connectivity index (χ1) is 6.85. The first-order valence-corrected chi connectivity index (χ1v) is 5.49. The van der Waals surface area contributed by atoms with Gasteiger partial charge in [0.05, 0.1) is 19.5 Å². The van der Waals surface area contributed by atoms with Gasteiger partial charge in [-0.15, -0.1) is 0 Å². The van der Waals surface area contributed by atoms with E-state index >= 15 is 0 Å². The first-order valence-electron chi connectivity index (χ1n) is 4.68. The summed E-state index contributed by atoms with van der Waals surface area (Å²) < 4.78 is 8.47. The third-order valence-corrected chi connectivity index (χ3v) is 3.15. The molecular formula is C10H14N2OS. The summed E-state index contributed by atoms with van der Waals surface area (Å²) in [5, 5.41) is 0. The fourth-order valence-electron chi connectivity index (χ4n) is 1.52. The van der Waals surface area contributed by atoms with Crippen LogP contribution in [0.4, 0.5) is 5.69 Å². The van der Waals surface area contributed by atoms with E-state index in [1.54, 1.807) is 19.1 Å². The molecule has 2 rings (SSSR count). The second kappa shape index (κ2) is 4.11. The van der Waals surface area contributed by atoms with E-state index in [9.17, 15) is 0 Å². The number of methoxy groups -OCH3 is 1. The highest BCUT2D eigenvalue weighted by Gasteiger charge is 2.15. The Morgan fingerprint density at radius 1 is 1.57 bits per heavy atom. The number of hydrogen-bond donors (Lipinski definition) is 1. The van der Waals surface area contributed by atoms with Gasteiger partial charge in [-0.25, -0.2) is 4.72 Å². The van der Waals surface area contributed by atoms with Crippen LogP contribution in [0.5, 0.6) is 5.75 Å². The zero-order valence-electron chi connectivity index (χ0n) is 8.41. The number of nitrogens with one attached hydrogen (secondary N) is 1. The van der Waals surface area contributed by atoms with Gasteiger partial charge < -0.3 is 9.64 Å². The Bertz CT molecular complexity index is 330. The van der Waals surface area contributed by atoms with Crippen molar-refractivity contribution in [3.05, 3.63) is 18.2 Å². The summed E-state index contributed by atoms with van der Waals surface area (Å²) in [6.45, 7) is 4.08. The van der Waals surface area contributed by atoms with E-state index in [1.807, 2.05) is 6.07 Å². The smallest absolute Gasteiger partial charge is 0.120 e. The van der Waals surface area contributed by atoms with E-state index < -0.39 is 0 Å². The Morgan fingerprint density at radius 3 is 3.14 bits per heavy atom. The summed E-state index contributed by atoms with van der Waals surface area (Å²) >= 11 is 1.67. The molecule has 1 aliphatic heterocycles. The van der Waals surface area contributed by atoms with Gasteiger partial charge in [0.1, 0.15) is 5.75 Å². The fourth-order valence-corrected chi connectivity index (χ4v) is 2.37. The van der Waals surface area contributed by atoms with Crippen molar-refractivity contribution in [3.8, 4) is 5.75 Å². The van der Waals surface area contributed by atoms with Crippen molar-refractivity contribution < 1.29 is 4.74 Å². The van der Waals surface area contributed by atoms with Gasteiger partial charge in [-0.3, -0.25) is 0 Å². The number of benzene rings is 1. The number of hydrogen-bond acceptors (Lipinski definition) is 4. The maximum atomic E-state index is 5.19. The van der Waals surface area contributed by atoms with E-state index in [0.29, 0.717) is 0 Å². The van der Waals surface area contributed by atoms with E-state index in [2.05, 4.69) is 28.7 Å². The number of nitrogens with zero attached hydrogens (tertiary/aromatic N) is 1. The molecule has 0 amide bonds. The zero-order valence-corrected chi connectivity index (χ0v) is 9.23. The molecule has 0 saturated heterocycles. The van der Waals surface area contributed by atoms with Gasteiger partial charge in [0.2, 0.25) is 0 Å². The van der Waals surface area contributed by atoms with Crippen molar-refractivity contribution >= 4 is 17.6 Å². The Balaban J connectivity index is 2.35. The fraction of sp³-hybridized carbons (Fsp3) is 0.400. The predicted molar refractivity (Wildman–Crippen MR) is 59.9 cm³/mol. The minimum absolute atomic E-state index is 0.903. The van der Waals surface area contributed by atoms with Gasteiger partial charge in [-0.1, -0.05) is 0 Å². The van der Waals surface area contributed by atoms with E-state index in [0.717, 1.165) is 19.0 Å². The summed E-state index contributed by atoms with van der Waals surface area (Å²) in [4.78, 5) is 3.53. The topological polar surface area (TPSA) is 24.5 Å². The predicted octanol–water partition coefficient (Wildman–Crippen LogP) is 2.09. The molecule has 3 nitrogen and oxygen atoms in total. The minimum atomic E-state index is 0.903. The van der Waals surface area contributed by atoms with Crippen LogP contribution in [-0.2, 0) is 0 Å². The minimum Gasteiger partial charge on any atom is -0.497 e. The molecule has 76 valence electrons. The average molecular weight is 210 g/mol. The molecule has 4 heteroatoms. The highest BCUT2D eigenvalue weighted by molar-refractivity contribution is 7.97. The van der Waals surface area contributed by atoms with E-state index in [1.165, 1.54) is 10.6 Å². The summed E-state index contributed by atoms with van der Waals surface area (Å²) in [5.74, 6) is 0.913. The molecular weight excluding hydrogens is 196 g/mol. The third kappa shape index (κ3) is 1.67. The molecule has 1 aromatic rings. The van der Waals surface area contributed by atoms with Crippen LogP contribution in [0, 0.1) is 0 Å². The Morgan fingerprint density at radius 2 is 2.43 bits per heavy atom. The van der Waals surface area contributed by atoms with E-state index in [-0.39, 0.29) is 0 Å². The maximum Gasteiger partial charge on any atom is 0.120 e. The number of fused-ring (bicyclic) bond motifs is 1. The van der Waals surface area contributed by atoms with Crippen LogP contribution < -0.4 is 14.4 Å². The van der Waals surface area contributed by atoms with Crippen LogP contribution in [0.1, 0.15) is 6.92 Å². The van der Waals surface area contributed by atoms with Gasteiger partial charge in [-0.05, 0) is 37.1 Å². The van der Waals surface area contributed by atoms with Crippen molar-refractivity contribution in [2.24, 2.45) is 0 Å². The number of ether oxygens (including phenoxy) is 1. The van der Waals surface area contributed by atoms with Crippen LogP contribution in [0.25, 0.3) is 0 Å². The number of anilines is 1. The lowest BCUT2D eigenvalue weighted by atomic mass is 10.2. The molecule has 1 N–H and O–H groups in total. The summed E-state index contributed by atoms with van der Waals surface area (Å²) in [7, 11) is 1.69. The Hall–Kier alpha value is -0.870. The van der Waals surface area contributed by atoms with Gasteiger partial charge in [-0.2, -0.15) is 0 Å². The van der Waals surface area contributed by atoms with Crippen molar-refractivity contribution in [1.82, 2.24) is 4.72 Å². The molecule has 0 unspecified atom stereocenters. The second-order valence-corrected chi connectivity index (χ2v) is 4.03. The molecule has 1 aromatic carbocycles. The molecule has 0 atom stereocenters. The Kier molecular flexibility index (Phi) is 2.84. The van der Waals surface area contributed by atoms with Gasteiger partial charge >= 0.3 is 0 Å². The summed E-state index contributed by atoms with van der Waals surface area (Å²) in [5.41, 5.74) is 1.29. The van der Waals surface area contributed by atoms with Gasteiger partial charge in [0, 0.05) is 11.4 Å². The summed E-state index contributed by atoms with van der Waals surface area (Å²) in [6.07, 6.45) is 0. The molecule has 1 aliphatic rings. The second-order valence-electron chi connectivity index (χ2n) is 3.09. The Labute approximate surface area is 88.6 Å². The molecule has 0 bridgehead atoms. The van der Waals surface area contributed by atoms with Crippen molar-refractivity contribution in [3.63, 3.8) is 0 Å². The van der Waals surface area contributed by atoms with Crippen LogP contribution in [-0.4, -0.2) is 20.3 Å². The van der Waals surface area contributed by atoms with Crippen LogP contribution in [0.3, 0.4) is 0 Å². The summed E-state index contributed by atoms with van der Waals surface area (Å²) in [6, 6.07) is 6.19. The lowest BCUT2D eigenvalue weighted by Gasteiger charge is -2.30. The van der Waals surface area contributed by atoms with Crippen molar-refractivity contribution in [2.45, 2.75) is 11.8 Å². The largest absolute Gasteiger partial charge is 0.497 e. The number of rotatable bonds is 2. The highest BCUT2D eigenvalue weighted by Crippen LogP contribution is 2.34. The van der Waals surface area contributed by atoms with Crippen LogP contribution in [0.15, 0.2) is 23.1 Å². The maximum absolute atomic E-state index is 5.19. The SMILES string of the molecule is CCN1CNSc2cc(OC)ccc21. The molecule has 0 radical (unpaired) electrons. The van der Waals surface area contributed by atoms with Crippen LogP contribution >= 0.6 is 11.9 Å². The molecule has 0 saturated carbocycles. The molecule has 0 spiro atoms. The average Bonchev–Trinajstić information content (AvgIpc) is 2.27. The highest BCUT2D eigenvalue weighted by atomic mass is 32.2. The first kappa shape index (κ1) is 9.68. The van der Waals surface area contributed by atoms with Crippen molar-refractivity contribution in [2.75, 3.05) is 25.2 Å². The van der Waals surface area contributed by atoms with Crippen LogP contribution in [0.2, 0.25) is 0 Å². The molecule has 0 aliphatic carbocycles.